The van der Waals surface area contributed by atoms with Crippen LogP contribution in [0.5, 0.6) is 5.75 Å². The van der Waals surface area contributed by atoms with E-state index in [1.54, 1.807) is 48.5 Å². The summed E-state index contributed by atoms with van der Waals surface area (Å²) in [4.78, 5) is 23.6. The summed E-state index contributed by atoms with van der Waals surface area (Å²) in [6.07, 6.45) is 0.217. The first-order valence-electron chi connectivity index (χ1n) is 7.02. The number of hydrogen-bond donors (Lipinski definition) is 2. The monoisotopic (exact) mass is 387 g/mol. The van der Waals surface area contributed by atoms with Crippen LogP contribution in [0.25, 0.3) is 0 Å². The van der Waals surface area contributed by atoms with Crippen LogP contribution in [0.1, 0.15) is 15.9 Å². The molecule has 0 spiro atoms. The van der Waals surface area contributed by atoms with E-state index in [0.29, 0.717) is 11.3 Å². The molecule has 0 radical (unpaired) electrons. The summed E-state index contributed by atoms with van der Waals surface area (Å²) in [5, 5.41) is 8.67. The van der Waals surface area contributed by atoms with Crippen molar-refractivity contribution in [3.8, 4) is 11.8 Å². The van der Waals surface area contributed by atoms with Crippen molar-refractivity contribution in [3.05, 3.63) is 64.1 Å². The number of hydrogen-bond acceptors (Lipinski definition) is 4. The number of carbonyl (C=O) groups excluding carboxylic acids is 2. The number of nitriles is 1. The Morgan fingerprint density at radius 1 is 1.12 bits per heavy atom. The molecule has 2 aromatic rings. The van der Waals surface area contributed by atoms with Gasteiger partial charge in [0.05, 0.1) is 12.5 Å². The summed E-state index contributed by atoms with van der Waals surface area (Å²) in [6, 6.07) is 15.7. The third-order valence-electron chi connectivity index (χ3n) is 2.97. The third-order valence-corrected chi connectivity index (χ3v) is 3.50. The van der Waals surface area contributed by atoms with Gasteiger partial charge in [-0.3, -0.25) is 20.4 Å². The minimum atomic E-state index is -0.487. The lowest BCUT2D eigenvalue weighted by Gasteiger charge is -2.09. The second-order valence-corrected chi connectivity index (χ2v) is 5.70. The molecule has 6 nitrogen and oxygen atoms in total. The summed E-state index contributed by atoms with van der Waals surface area (Å²) in [5.41, 5.74) is 5.67. The molecule has 2 rings (SSSR count). The van der Waals surface area contributed by atoms with E-state index in [1.165, 1.54) is 0 Å². The van der Waals surface area contributed by atoms with Crippen molar-refractivity contribution in [2.24, 2.45) is 0 Å². The Hall–Kier alpha value is -2.85. The van der Waals surface area contributed by atoms with Gasteiger partial charge in [0.15, 0.2) is 6.61 Å². The summed E-state index contributed by atoms with van der Waals surface area (Å²) in [7, 11) is 0. The van der Waals surface area contributed by atoms with Crippen molar-refractivity contribution < 1.29 is 14.3 Å². The molecule has 0 unspecified atom stereocenters. The minimum absolute atomic E-state index is 0.217. The fraction of sp³-hybridized carbons (Fsp3) is 0.118. The van der Waals surface area contributed by atoms with Gasteiger partial charge in [0.25, 0.3) is 11.8 Å². The minimum Gasteiger partial charge on any atom is -0.484 e. The van der Waals surface area contributed by atoms with Crippen LogP contribution in [-0.4, -0.2) is 18.4 Å². The highest BCUT2D eigenvalue weighted by Crippen LogP contribution is 2.15. The zero-order chi connectivity index (χ0) is 17.4. The second kappa shape index (κ2) is 8.70. The Morgan fingerprint density at radius 2 is 1.88 bits per heavy atom. The van der Waals surface area contributed by atoms with Gasteiger partial charge in [-0.15, -0.1) is 0 Å². The Morgan fingerprint density at radius 3 is 2.58 bits per heavy atom. The van der Waals surface area contributed by atoms with E-state index >= 15 is 0 Å². The van der Waals surface area contributed by atoms with Crippen molar-refractivity contribution in [1.82, 2.24) is 10.9 Å². The first kappa shape index (κ1) is 17.5. The molecule has 2 amide bonds. The van der Waals surface area contributed by atoms with Gasteiger partial charge < -0.3 is 4.74 Å². The number of amides is 2. The Bertz CT molecular complexity index is 769. The fourth-order valence-corrected chi connectivity index (χ4v) is 2.09. The maximum atomic E-state index is 12.0. The van der Waals surface area contributed by atoms with Crippen molar-refractivity contribution in [3.63, 3.8) is 0 Å². The van der Waals surface area contributed by atoms with Crippen LogP contribution in [0, 0.1) is 11.3 Å². The SMILES string of the molecule is N#CCc1cccc(C(=O)NNC(=O)COc2ccc(Br)cc2)c1. The van der Waals surface area contributed by atoms with Crippen LogP contribution in [0.3, 0.4) is 0 Å². The van der Waals surface area contributed by atoms with E-state index < -0.39 is 11.8 Å². The highest BCUT2D eigenvalue weighted by Gasteiger charge is 2.08. The van der Waals surface area contributed by atoms with Gasteiger partial charge in [-0.05, 0) is 42.0 Å². The standard InChI is InChI=1S/C17H14BrN3O3/c18-14-4-6-15(7-5-14)24-11-16(22)20-21-17(23)13-3-1-2-12(10-13)8-9-19/h1-7,10H,8,11H2,(H,20,22)(H,21,23). The molecule has 0 atom stereocenters. The number of nitrogens with one attached hydrogen (secondary N) is 2. The molecule has 7 heteroatoms. The second-order valence-electron chi connectivity index (χ2n) is 4.78. The van der Waals surface area contributed by atoms with E-state index in [2.05, 4.69) is 26.8 Å². The topological polar surface area (TPSA) is 91.2 Å². The summed E-state index contributed by atoms with van der Waals surface area (Å²) in [5.74, 6) is -0.407. The number of nitrogens with zero attached hydrogens (tertiary/aromatic N) is 1. The Balaban J connectivity index is 1.80. The maximum Gasteiger partial charge on any atom is 0.276 e. The molecule has 0 aliphatic heterocycles. The zero-order valence-electron chi connectivity index (χ0n) is 12.6. The Labute approximate surface area is 147 Å². The molecule has 0 bridgehead atoms. The maximum absolute atomic E-state index is 12.0. The van der Waals surface area contributed by atoms with Crippen LogP contribution >= 0.6 is 15.9 Å². The molecular weight excluding hydrogens is 374 g/mol. The molecule has 0 fully saturated rings. The lowest BCUT2D eigenvalue weighted by atomic mass is 10.1. The van der Waals surface area contributed by atoms with Gasteiger partial charge >= 0.3 is 0 Å². The zero-order valence-corrected chi connectivity index (χ0v) is 14.2. The van der Waals surface area contributed by atoms with Gasteiger partial charge in [-0.25, -0.2) is 0 Å². The fourth-order valence-electron chi connectivity index (χ4n) is 1.83. The average molecular weight is 388 g/mol. The third kappa shape index (κ3) is 5.41. The predicted molar refractivity (Wildman–Crippen MR) is 91.0 cm³/mol. The molecular formula is C17H14BrN3O3. The van der Waals surface area contributed by atoms with Gasteiger partial charge in [0.2, 0.25) is 0 Å². The summed E-state index contributed by atoms with van der Waals surface area (Å²) < 4.78 is 6.20. The molecule has 0 saturated heterocycles. The predicted octanol–water partition coefficient (Wildman–Crippen LogP) is 2.36. The highest BCUT2D eigenvalue weighted by molar-refractivity contribution is 9.10. The number of hydrazine groups is 1. The molecule has 2 aromatic carbocycles. The molecule has 0 aliphatic rings. The van der Waals surface area contributed by atoms with Crippen molar-refractivity contribution in [2.45, 2.75) is 6.42 Å². The number of halogens is 1. The normalized spacial score (nSPS) is 9.67. The van der Waals surface area contributed by atoms with Crippen molar-refractivity contribution in [1.29, 1.82) is 5.26 Å². The van der Waals surface area contributed by atoms with Crippen molar-refractivity contribution >= 4 is 27.7 Å². The summed E-state index contributed by atoms with van der Waals surface area (Å²) >= 11 is 3.30. The molecule has 0 aromatic heterocycles. The lowest BCUT2D eigenvalue weighted by Crippen LogP contribution is -2.43. The first-order valence-corrected chi connectivity index (χ1v) is 7.81. The van der Waals surface area contributed by atoms with E-state index in [-0.39, 0.29) is 13.0 Å². The quantitative estimate of drug-likeness (QED) is 0.770. The lowest BCUT2D eigenvalue weighted by molar-refractivity contribution is -0.123. The number of benzene rings is 2. The molecule has 122 valence electrons. The molecule has 0 aliphatic carbocycles. The van der Waals surface area contributed by atoms with Crippen LogP contribution in [-0.2, 0) is 11.2 Å². The molecule has 0 saturated carbocycles. The summed E-state index contributed by atoms with van der Waals surface area (Å²) in [6.45, 7) is -0.226. The first-order chi connectivity index (χ1) is 11.6. The molecule has 24 heavy (non-hydrogen) atoms. The van der Waals surface area contributed by atoms with E-state index in [4.69, 9.17) is 10.00 Å². The smallest absolute Gasteiger partial charge is 0.276 e. The number of rotatable bonds is 5. The Kier molecular flexibility index (Phi) is 6.34. The average Bonchev–Trinajstić information content (AvgIpc) is 2.59. The van der Waals surface area contributed by atoms with Crippen LogP contribution in [0.15, 0.2) is 53.0 Å². The van der Waals surface area contributed by atoms with Crippen LogP contribution < -0.4 is 15.6 Å². The van der Waals surface area contributed by atoms with E-state index in [1.807, 2.05) is 6.07 Å². The van der Waals surface area contributed by atoms with Gasteiger partial charge in [0.1, 0.15) is 5.75 Å². The van der Waals surface area contributed by atoms with Crippen molar-refractivity contribution in [2.75, 3.05) is 6.61 Å². The van der Waals surface area contributed by atoms with Crippen LogP contribution in [0.4, 0.5) is 0 Å². The van der Waals surface area contributed by atoms with Gasteiger partial charge in [0, 0.05) is 10.0 Å². The molecule has 0 heterocycles. The largest absolute Gasteiger partial charge is 0.484 e. The number of carbonyl (C=O) groups is 2. The van der Waals surface area contributed by atoms with Crippen LogP contribution in [0.2, 0.25) is 0 Å². The van der Waals surface area contributed by atoms with Gasteiger partial charge in [-0.2, -0.15) is 5.26 Å². The van der Waals surface area contributed by atoms with Gasteiger partial charge in [-0.1, -0.05) is 28.1 Å². The van der Waals surface area contributed by atoms with E-state index in [9.17, 15) is 9.59 Å². The molecule has 2 N–H and O–H groups in total. The highest BCUT2D eigenvalue weighted by atomic mass is 79.9. The van der Waals surface area contributed by atoms with E-state index in [0.717, 1.165) is 10.0 Å². The number of ether oxygens (including phenoxy) is 1.